The summed E-state index contributed by atoms with van der Waals surface area (Å²) in [7, 11) is -3.96. The van der Waals surface area contributed by atoms with E-state index in [1.807, 2.05) is 6.92 Å². The first-order valence-corrected chi connectivity index (χ1v) is 12.4. The molecule has 13 heteroatoms. The smallest absolute Gasteiger partial charge is 0.407 e. The Labute approximate surface area is 195 Å². The summed E-state index contributed by atoms with van der Waals surface area (Å²) < 4.78 is 35.6. The molecule has 0 atom stereocenters. The lowest BCUT2D eigenvalue weighted by molar-refractivity contribution is 0.102. The van der Waals surface area contributed by atoms with E-state index in [-0.39, 0.29) is 23.8 Å². The third kappa shape index (κ3) is 4.35. The molecule has 3 N–H and O–H groups in total. The number of nitrogens with zero attached hydrogens (tertiary/aromatic N) is 4. The van der Waals surface area contributed by atoms with Gasteiger partial charge in [0.15, 0.2) is 11.3 Å². The standard InChI is InChI=1S/C21H26N6O6S/c1-4-6-17-22-12(3)18-20(28)23-19(24-27(17)18)15-9-14(7-8-16(15)33-5-2)34(31,32)25-13-10-26(11-13)21(29)30/h7-9,13,25H,4-6,10-11H2,1-3H3,(H,29,30)(H,23,24,28). The number of hydrogen-bond donors (Lipinski definition) is 3. The van der Waals surface area contributed by atoms with Crippen molar-refractivity contribution in [3.05, 3.63) is 40.1 Å². The number of fused-ring (bicyclic) bond motifs is 1. The second-order valence-electron chi connectivity index (χ2n) is 8.02. The van der Waals surface area contributed by atoms with Gasteiger partial charge in [0.25, 0.3) is 5.56 Å². The van der Waals surface area contributed by atoms with Crippen LogP contribution >= 0.6 is 0 Å². The maximum atomic E-state index is 13.0. The minimum atomic E-state index is -3.96. The van der Waals surface area contributed by atoms with Crippen LogP contribution in [0.5, 0.6) is 5.75 Å². The first-order valence-electron chi connectivity index (χ1n) is 10.9. The number of sulfonamides is 1. The number of H-pyrrole nitrogens is 1. The maximum Gasteiger partial charge on any atom is 0.407 e. The van der Waals surface area contributed by atoms with Gasteiger partial charge >= 0.3 is 6.09 Å². The molecule has 2 aromatic heterocycles. The number of amides is 1. The fraction of sp³-hybridized carbons (Fsp3) is 0.429. The van der Waals surface area contributed by atoms with Gasteiger partial charge in [-0.25, -0.2) is 27.4 Å². The van der Waals surface area contributed by atoms with Gasteiger partial charge in [0.2, 0.25) is 10.0 Å². The summed E-state index contributed by atoms with van der Waals surface area (Å²) in [4.78, 5) is 32.0. The summed E-state index contributed by atoms with van der Waals surface area (Å²) in [5, 5.41) is 13.5. The average molecular weight is 491 g/mol. The molecule has 0 spiro atoms. The molecule has 1 fully saturated rings. The number of hydrogen-bond acceptors (Lipinski definition) is 7. The van der Waals surface area contributed by atoms with Gasteiger partial charge in [0.05, 0.1) is 28.8 Å². The van der Waals surface area contributed by atoms with Crippen LogP contribution in [0.4, 0.5) is 4.79 Å². The van der Waals surface area contributed by atoms with E-state index < -0.39 is 27.7 Å². The molecule has 0 radical (unpaired) electrons. The number of rotatable bonds is 8. The Balaban J connectivity index is 1.76. The van der Waals surface area contributed by atoms with E-state index in [2.05, 4.69) is 19.8 Å². The molecule has 182 valence electrons. The van der Waals surface area contributed by atoms with E-state index in [1.54, 1.807) is 13.8 Å². The van der Waals surface area contributed by atoms with Crippen molar-refractivity contribution >= 4 is 21.6 Å². The first-order chi connectivity index (χ1) is 16.1. The van der Waals surface area contributed by atoms with Crippen LogP contribution in [-0.2, 0) is 16.4 Å². The first kappa shape index (κ1) is 23.7. The van der Waals surface area contributed by atoms with Crippen LogP contribution < -0.4 is 15.0 Å². The summed E-state index contributed by atoms with van der Waals surface area (Å²) in [6, 6.07) is 3.77. The fourth-order valence-electron chi connectivity index (χ4n) is 3.88. The Hall–Kier alpha value is -3.45. The SMILES string of the molecule is CCCc1nc(C)c2c(=O)[nH]c(-c3cc(S(=O)(=O)NC4CN(C(=O)O)C4)ccc3OCC)nn12. The highest BCUT2D eigenvalue weighted by atomic mass is 32.2. The monoisotopic (exact) mass is 490 g/mol. The summed E-state index contributed by atoms with van der Waals surface area (Å²) in [6.45, 7) is 5.99. The van der Waals surface area contributed by atoms with Gasteiger partial charge in [-0.2, -0.15) is 0 Å². The third-order valence-electron chi connectivity index (χ3n) is 5.51. The van der Waals surface area contributed by atoms with E-state index in [0.29, 0.717) is 41.4 Å². The van der Waals surface area contributed by atoms with E-state index in [9.17, 15) is 18.0 Å². The molecule has 1 saturated heterocycles. The van der Waals surface area contributed by atoms with Gasteiger partial charge < -0.3 is 19.7 Å². The van der Waals surface area contributed by atoms with Gasteiger partial charge in [-0.05, 0) is 38.5 Å². The second-order valence-corrected chi connectivity index (χ2v) is 9.74. The number of benzene rings is 1. The minimum Gasteiger partial charge on any atom is -0.493 e. The summed E-state index contributed by atoms with van der Waals surface area (Å²) in [6.07, 6.45) is 0.337. The molecule has 0 saturated carbocycles. The number of carboxylic acid groups (broad SMARTS) is 1. The molecular formula is C21H26N6O6S. The van der Waals surface area contributed by atoms with Gasteiger partial charge in [-0.1, -0.05) is 6.92 Å². The number of ether oxygens (including phenoxy) is 1. The number of aromatic nitrogens is 4. The van der Waals surface area contributed by atoms with Crippen LogP contribution in [0, 0.1) is 6.92 Å². The molecule has 4 rings (SSSR count). The van der Waals surface area contributed by atoms with Crippen molar-refractivity contribution in [2.24, 2.45) is 0 Å². The topological polar surface area (TPSA) is 159 Å². The Morgan fingerprint density at radius 2 is 2.06 bits per heavy atom. The van der Waals surface area contributed by atoms with Crippen molar-refractivity contribution in [2.45, 2.75) is 44.6 Å². The number of carbonyl (C=O) groups is 1. The molecule has 34 heavy (non-hydrogen) atoms. The van der Waals surface area contributed by atoms with Crippen LogP contribution in [0.1, 0.15) is 31.8 Å². The number of likely N-dealkylation sites (tertiary alicyclic amines) is 1. The summed E-state index contributed by atoms with van der Waals surface area (Å²) in [5.74, 6) is 1.14. The van der Waals surface area contributed by atoms with E-state index in [0.717, 1.165) is 11.3 Å². The zero-order valence-electron chi connectivity index (χ0n) is 19.0. The van der Waals surface area contributed by atoms with Crippen molar-refractivity contribution < 1.29 is 23.1 Å². The maximum absolute atomic E-state index is 13.0. The molecule has 0 bridgehead atoms. The fourth-order valence-corrected chi connectivity index (χ4v) is 5.13. The number of nitrogens with one attached hydrogen (secondary N) is 2. The van der Waals surface area contributed by atoms with Crippen LogP contribution in [0.25, 0.3) is 16.9 Å². The lowest BCUT2D eigenvalue weighted by atomic mass is 10.1. The van der Waals surface area contributed by atoms with Gasteiger partial charge in [-0.3, -0.25) is 4.79 Å². The molecule has 0 aliphatic carbocycles. The number of aryl methyl sites for hydroxylation is 2. The molecular weight excluding hydrogens is 464 g/mol. The highest BCUT2D eigenvalue weighted by molar-refractivity contribution is 7.89. The van der Waals surface area contributed by atoms with E-state index in [4.69, 9.17) is 9.84 Å². The van der Waals surface area contributed by atoms with E-state index >= 15 is 0 Å². The Kier molecular flexibility index (Phi) is 6.32. The van der Waals surface area contributed by atoms with Crippen LogP contribution in [-0.4, -0.2) is 69.8 Å². The molecule has 1 aromatic carbocycles. The van der Waals surface area contributed by atoms with Crippen molar-refractivity contribution in [1.82, 2.24) is 29.2 Å². The van der Waals surface area contributed by atoms with Crippen molar-refractivity contribution in [1.29, 1.82) is 0 Å². The van der Waals surface area contributed by atoms with Crippen LogP contribution in [0.15, 0.2) is 27.9 Å². The predicted molar refractivity (Wildman–Crippen MR) is 123 cm³/mol. The quantitative estimate of drug-likeness (QED) is 0.427. The second kappa shape index (κ2) is 9.06. The van der Waals surface area contributed by atoms with Gasteiger partial charge in [-0.15, -0.1) is 5.10 Å². The van der Waals surface area contributed by atoms with Crippen LogP contribution in [0.3, 0.4) is 0 Å². The van der Waals surface area contributed by atoms with Gasteiger partial charge in [0.1, 0.15) is 11.6 Å². The van der Waals surface area contributed by atoms with Crippen LogP contribution in [0.2, 0.25) is 0 Å². The number of imidazole rings is 1. The van der Waals surface area contributed by atoms with Gasteiger partial charge in [0, 0.05) is 19.5 Å². The van der Waals surface area contributed by atoms with Crippen molar-refractivity contribution in [3.63, 3.8) is 0 Å². The third-order valence-corrected chi connectivity index (χ3v) is 7.02. The molecule has 3 heterocycles. The lowest BCUT2D eigenvalue weighted by Gasteiger charge is -2.37. The van der Waals surface area contributed by atoms with Crippen molar-refractivity contribution in [3.8, 4) is 17.1 Å². The zero-order chi connectivity index (χ0) is 24.6. The predicted octanol–water partition coefficient (Wildman–Crippen LogP) is 1.38. The molecule has 0 unspecified atom stereocenters. The lowest BCUT2D eigenvalue weighted by Crippen LogP contribution is -2.60. The summed E-state index contributed by atoms with van der Waals surface area (Å²) >= 11 is 0. The highest BCUT2D eigenvalue weighted by Gasteiger charge is 2.34. The molecule has 1 aliphatic rings. The normalized spacial score (nSPS) is 14.4. The molecule has 12 nitrogen and oxygen atoms in total. The number of aromatic amines is 1. The van der Waals surface area contributed by atoms with E-state index in [1.165, 1.54) is 22.7 Å². The minimum absolute atomic E-state index is 0.0573. The zero-order valence-corrected chi connectivity index (χ0v) is 19.8. The largest absolute Gasteiger partial charge is 0.493 e. The average Bonchev–Trinajstić information content (AvgIpc) is 3.06. The van der Waals surface area contributed by atoms with Crippen molar-refractivity contribution in [2.75, 3.05) is 19.7 Å². The Morgan fingerprint density at radius 1 is 1.32 bits per heavy atom. The molecule has 1 amide bonds. The molecule has 3 aromatic rings. The molecule has 1 aliphatic heterocycles. The Bertz CT molecular complexity index is 1410. The highest BCUT2D eigenvalue weighted by Crippen LogP contribution is 2.30. The summed E-state index contributed by atoms with van der Waals surface area (Å²) in [5.41, 5.74) is 0.807. The Morgan fingerprint density at radius 3 is 2.71 bits per heavy atom.